The highest BCUT2D eigenvalue weighted by atomic mass is 16.6. The van der Waals surface area contributed by atoms with Crippen molar-refractivity contribution in [3.05, 3.63) is 65.7 Å². The number of likely N-dealkylation sites (N-methyl/N-ethyl adjacent to an activating group) is 2. The van der Waals surface area contributed by atoms with Crippen LogP contribution in [0.3, 0.4) is 0 Å². The van der Waals surface area contributed by atoms with Crippen molar-refractivity contribution in [2.45, 2.75) is 148 Å². The summed E-state index contributed by atoms with van der Waals surface area (Å²) in [4.78, 5) is 110. The zero-order chi connectivity index (χ0) is 55.4. The highest BCUT2D eigenvalue weighted by molar-refractivity contribution is 5.95. The molecule has 1 saturated heterocycles. The molecular weight excluding hydrogens is 955 g/mol. The topological polar surface area (TPSA) is 294 Å². The number of likely N-dealkylation sites (tertiary alicyclic amines) is 1. The number of hydrogen-bond donors (Lipinski definition) is 7. The third-order valence-corrected chi connectivity index (χ3v) is 13.9. The summed E-state index contributed by atoms with van der Waals surface area (Å²) in [5.41, 5.74) is 12.9. The van der Waals surface area contributed by atoms with Crippen molar-refractivity contribution in [1.29, 1.82) is 0 Å². The zero-order valence-electron chi connectivity index (χ0n) is 45.1. The summed E-state index contributed by atoms with van der Waals surface area (Å²) < 4.78 is 17.5. The highest BCUT2D eigenvalue weighted by Crippen LogP contribution is 2.30. The van der Waals surface area contributed by atoms with Gasteiger partial charge >= 0.3 is 18.1 Å². The van der Waals surface area contributed by atoms with Gasteiger partial charge in [-0.05, 0) is 66.7 Å². The van der Waals surface area contributed by atoms with E-state index in [-0.39, 0.29) is 31.3 Å². The van der Waals surface area contributed by atoms with Gasteiger partial charge in [-0.3, -0.25) is 28.9 Å². The maximum Gasteiger partial charge on any atom is 0.410 e. The van der Waals surface area contributed by atoms with E-state index in [1.54, 1.807) is 100.0 Å². The fourth-order valence-electron chi connectivity index (χ4n) is 9.50. The summed E-state index contributed by atoms with van der Waals surface area (Å²) >= 11 is 0. The van der Waals surface area contributed by atoms with Gasteiger partial charge in [0.2, 0.25) is 29.5 Å². The number of aliphatic carboxylic acids is 1. The minimum atomic E-state index is -1.17. The number of nitrogens with two attached hydrogens (primary N) is 2. The molecular formula is C53H83N9O12. The van der Waals surface area contributed by atoms with Crippen molar-refractivity contribution in [3.8, 4) is 0 Å². The van der Waals surface area contributed by atoms with Gasteiger partial charge in [0.15, 0.2) is 0 Å². The number of rotatable bonds is 29. The van der Waals surface area contributed by atoms with Gasteiger partial charge in [0.05, 0.1) is 42.7 Å². The summed E-state index contributed by atoms with van der Waals surface area (Å²) in [7, 11) is 6.04. The quantitative estimate of drug-likeness (QED) is 0.0571. The molecule has 412 valence electrons. The Bertz CT molecular complexity index is 2160. The fourth-order valence-corrected chi connectivity index (χ4v) is 9.50. The molecule has 2 aromatic rings. The maximum atomic E-state index is 14.6. The second-order valence-electron chi connectivity index (χ2n) is 20.0. The molecule has 21 nitrogen and oxygen atoms in total. The molecule has 9 N–H and O–H groups in total. The van der Waals surface area contributed by atoms with Gasteiger partial charge in [0, 0.05) is 53.5 Å². The van der Waals surface area contributed by atoms with E-state index < -0.39 is 108 Å². The van der Waals surface area contributed by atoms with Gasteiger partial charge in [0.1, 0.15) is 24.7 Å². The fraction of sp³-hybridized carbons (Fsp3) is 0.623. The van der Waals surface area contributed by atoms with E-state index in [1.165, 1.54) is 26.2 Å². The molecule has 21 heteroatoms. The van der Waals surface area contributed by atoms with E-state index in [0.717, 1.165) is 5.56 Å². The monoisotopic (exact) mass is 1040 g/mol. The molecule has 1 aliphatic rings. The lowest BCUT2D eigenvalue weighted by atomic mass is 9.89. The lowest BCUT2D eigenvalue weighted by Gasteiger charge is -2.41. The lowest BCUT2D eigenvalue weighted by Crippen LogP contribution is -2.60. The van der Waals surface area contributed by atoms with E-state index >= 15 is 0 Å². The average molecular weight is 1040 g/mol. The number of urea groups is 1. The van der Waals surface area contributed by atoms with Crippen LogP contribution < -0.4 is 32.7 Å². The van der Waals surface area contributed by atoms with E-state index in [0.29, 0.717) is 56.4 Å². The molecule has 1 fully saturated rings. The van der Waals surface area contributed by atoms with Crippen LogP contribution in [0.1, 0.15) is 98.1 Å². The van der Waals surface area contributed by atoms with Crippen LogP contribution in [0.4, 0.5) is 15.3 Å². The van der Waals surface area contributed by atoms with Crippen LogP contribution in [0, 0.1) is 23.7 Å². The van der Waals surface area contributed by atoms with Crippen molar-refractivity contribution in [1.82, 2.24) is 30.7 Å². The molecule has 0 spiro atoms. The first-order chi connectivity index (χ1) is 35.0. The number of carbonyl (C=O) groups is 8. The molecule has 0 saturated carbocycles. The van der Waals surface area contributed by atoms with Gasteiger partial charge in [0.25, 0.3) is 0 Å². The SMILES string of the molecule is CC[C@H](C)C([C@@H](CC(=O)N1CCC[C@H]1[C@H](OC)[C@@H](C)C(=O)N[C@@H](Cc1ccccc1)C(=O)O)OC)N(C)C(=O)[C@@H](NC(=O)[C@H](C(C)C)N(C)C(=O)OCc1ccc(NC(=O)[C@@H](N)CCCNC(N)=O)cc1)C(C)C. The number of nitrogens with one attached hydrogen (secondary N) is 4. The molecule has 2 aromatic carbocycles. The predicted octanol–water partition coefficient (Wildman–Crippen LogP) is 3.87. The summed E-state index contributed by atoms with van der Waals surface area (Å²) in [6.07, 6.45) is 0.294. The number of hydrogen-bond acceptors (Lipinski definition) is 12. The van der Waals surface area contributed by atoms with E-state index in [9.17, 15) is 43.5 Å². The summed E-state index contributed by atoms with van der Waals surface area (Å²) in [6, 6.07) is 9.80. The van der Waals surface area contributed by atoms with Gasteiger partial charge in [-0.1, -0.05) is 97.4 Å². The third kappa shape index (κ3) is 18.0. The Labute approximate surface area is 436 Å². The molecule has 74 heavy (non-hydrogen) atoms. The smallest absolute Gasteiger partial charge is 0.410 e. The van der Waals surface area contributed by atoms with Crippen LogP contribution in [0.25, 0.3) is 0 Å². The minimum Gasteiger partial charge on any atom is -0.480 e. The number of carboxylic acids is 1. The van der Waals surface area contributed by atoms with Gasteiger partial charge in [-0.2, -0.15) is 0 Å². The number of amides is 8. The maximum absolute atomic E-state index is 14.6. The Balaban J connectivity index is 1.70. The minimum absolute atomic E-state index is 0.0924. The molecule has 10 atom stereocenters. The largest absolute Gasteiger partial charge is 0.480 e. The molecule has 1 aliphatic heterocycles. The number of anilines is 1. The molecule has 0 bridgehead atoms. The van der Waals surface area contributed by atoms with Crippen LogP contribution >= 0.6 is 0 Å². The van der Waals surface area contributed by atoms with Crippen molar-refractivity contribution >= 4 is 53.3 Å². The number of carbonyl (C=O) groups excluding carboxylic acids is 7. The van der Waals surface area contributed by atoms with Crippen LogP contribution in [0.2, 0.25) is 0 Å². The Kier molecular flexibility index (Phi) is 25.2. The number of ether oxygens (including phenoxy) is 3. The second kappa shape index (κ2) is 30.1. The van der Waals surface area contributed by atoms with E-state index in [4.69, 9.17) is 25.7 Å². The van der Waals surface area contributed by atoms with Gasteiger partial charge < -0.3 is 61.9 Å². The summed E-state index contributed by atoms with van der Waals surface area (Å²) in [5.74, 6) is -5.10. The van der Waals surface area contributed by atoms with Crippen molar-refractivity contribution in [2.75, 3.05) is 46.7 Å². The zero-order valence-corrected chi connectivity index (χ0v) is 45.1. The second-order valence-corrected chi connectivity index (χ2v) is 20.0. The Hall–Kier alpha value is -6.32. The van der Waals surface area contributed by atoms with Gasteiger partial charge in [-0.25, -0.2) is 14.4 Å². The van der Waals surface area contributed by atoms with Crippen molar-refractivity contribution in [2.24, 2.45) is 35.1 Å². The van der Waals surface area contributed by atoms with Crippen molar-refractivity contribution < 1.29 is 57.7 Å². The number of carboxylic acid groups (broad SMARTS) is 1. The summed E-state index contributed by atoms with van der Waals surface area (Å²) in [6.45, 7) is 13.3. The van der Waals surface area contributed by atoms with E-state index in [2.05, 4.69) is 21.3 Å². The van der Waals surface area contributed by atoms with Gasteiger partial charge in [-0.15, -0.1) is 0 Å². The van der Waals surface area contributed by atoms with Crippen LogP contribution in [-0.4, -0.2) is 157 Å². The highest BCUT2D eigenvalue weighted by Gasteiger charge is 2.44. The number of benzene rings is 2. The molecule has 8 amide bonds. The Morgan fingerprint density at radius 3 is 2.03 bits per heavy atom. The summed E-state index contributed by atoms with van der Waals surface area (Å²) in [5, 5.41) is 20.7. The standard InChI is InChI=1S/C53H83N9O12/c1-12-33(6)45(41(72-10)29-42(63)62-27-17-21-40(62)46(73-11)34(7)47(64)58-39(51(68)69)28-35-18-14-13-15-19-35)60(8)50(67)43(31(2)3)59-49(66)44(32(4)5)61(9)53(71)74-30-36-22-24-37(25-23-36)57-48(65)38(54)20-16-26-56-52(55)70/h13-15,18-19,22-25,31-34,38-41,43-46H,12,16-17,20-21,26-30,54H2,1-11H3,(H,57,65)(H,58,64)(H,59,66)(H,68,69)(H3,55,56,70)/t33-,34+,38-,39-,40-,41+,43-,44-,45?,46+/m0/s1. The van der Waals surface area contributed by atoms with E-state index in [1.807, 2.05) is 19.9 Å². The van der Waals surface area contributed by atoms with Crippen molar-refractivity contribution in [3.63, 3.8) is 0 Å². The van der Waals surface area contributed by atoms with Crippen LogP contribution in [0.15, 0.2) is 54.6 Å². The first kappa shape index (κ1) is 62.0. The predicted molar refractivity (Wildman–Crippen MR) is 279 cm³/mol. The Morgan fingerprint density at radius 1 is 0.824 bits per heavy atom. The molecule has 3 rings (SSSR count). The average Bonchev–Trinajstić information content (AvgIpc) is 3.85. The molecule has 0 aliphatic carbocycles. The first-order valence-electron chi connectivity index (χ1n) is 25.5. The number of methoxy groups -OCH3 is 2. The van der Waals surface area contributed by atoms with Crippen LogP contribution in [0.5, 0.6) is 0 Å². The normalized spacial score (nSPS) is 17.1. The molecule has 0 aromatic heterocycles. The lowest BCUT2D eigenvalue weighted by molar-refractivity contribution is -0.148. The van der Waals surface area contributed by atoms with Crippen LogP contribution in [-0.2, 0) is 56.0 Å². The number of primary amides is 1. The molecule has 0 radical (unpaired) electrons. The number of nitrogens with zero attached hydrogens (tertiary/aromatic N) is 3. The molecule has 1 unspecified atom stereocenters. The third-order valence-electron chi connectivity index (χ3n) is 13.9. The Morgan fingerprint density at radius 2 is 1.47 bits per heavy atom. The molecule has 1 heterocycles. The first-order valence-corrected chi connectivity index (χ1v) is 25.5.